The minimum atomic E-state index is -1.11. The molecular weight excluding hydrogens is 542 g/mol. The number of hydrogen-bond donors (Lipinski definition) is 4. The third-order valence-electron chi connectivity index (χ3n) is 7.41. The summed E-state index contributed by atoms with van der Waals surface area (Å²) in [4.78, 5) is 79.0. The van der Waals surface area contributed by atoms with E-state index in [9.17, 15) is 28.8 Å². The van der Waals surface area contributed by atoms with Crippen molar-refractivity contribution in [1.29, 1.82) is 0 Å². The van der Waals surface area contributed by atoms with Crippen molar-refractivity contribution in [3.63, 3.8) is 0 Å². The van der Waals surface area contributed by atoms with E-state index >= 15 is 0 Å². The van der Waals surface area contributed by atoms with E-state index in [1.165, 1.54) is 4.90 Å². The Kier molecular flexibility index (Phi) is 10.8. The first-order valence-corrected chi connectivity index (χ1v) is 14.8. The first-order chi connectivity index (χ1) is 19.0. The maximum absolute atomic E-state index is 14.0. The fourth-order valence-corrected chi connectivity index (χ4v) is 5.00. The van der Waals surface area contributed by atoms with Crippen molar-refractivity contribution in [2.45, 2.75) is 125 Å². The van der Waals surface area contributed by atoms with E-state index in [0.717, 1.165) is 12.8 Å². The molecule has 1 unspecified atom stereocenters. The molecule has 1 aliphatic carbocycles. The monoisotopic (exact) mass is 593 g/mol. The van der Waals surface area contributed by atoms with E-state index in [1.807, 2.05) is 6.92 Å². The quantitative estimate of drug-likeness (QED) is 0.221. The maximum Gasteiger partial charge on any atom is 0.329 e. The molecule has 0 aromatic carbocycles. The average molecular weight is 594 g/mol. The Hall–Kier alpha value is -3.18. The topological polar surface area (TPSA) is 177 Å². The van der Waals surface area contributed by atoms with Crippen LogP contribution in [0.2, 0.25) is 0 Å². The largest absolute Gasteiger partial charge is 0.458 e. The molecule has 5 atom stereocenters. The van der Waals surface area contributed by atoms with Crippen LogP contribution in [-0.4, -0.2) is 76.7 Å². The van der Waals surface area contributed by atoms with E-state index in [-0.39, 0.29) is 18.4 Å². The minimum Gasteiger partial charge on any atom is -0.458 e. The van der Waals surface area contributed by atoms with Crippen molar-refractivity contribution in [1.82, 2.24) is 20.9 Å². The van der Waals surface area contributed by atoms with Gasteiger partial charge in [0.15, 0.2) is 0 Å². The van der Waals surface area contributed by atoms with Gasteiger partial charge in [0.25, 0.3) is 5.91 Å². The molecule has 0 bridgehead atoms. The SMILES string of the molecule is C[C@@H]1C[C@@H](C(=O)NC(CC2CC2)C(=O)C(N)=O)N(C(=O)[C@@H](NC(=O)N[C@@H](C(=O)OC(C)(C)C)C(C)(C)C)C(C)(C)C)C1. The third kappa shape index (κ3) is 9.97. The van der Waals surface area contributed by atoms with Crippen LogP contribution in [0.3, 0.4) is 0 Å². The summed E-state index contributed by atoms with van der Waals surface area (Å²) in [5.41, 5.74) is 3.01. The van der Waals surface area contributed by atoms with Crippen LogP contribution in [0.5, 0.6) is 0 Å². The summed E-state index contributed by atoms with van der Waals surface area (Å²) in [5, 5.41) is 8.10. The molecule has 2 aliphatic rings. The normalized spacial score (nSPS) is 21.5. The molecule has 0 aromatic heterocycles. The Bertz CT molecular complexity index is 1070. The van der Waals surface area contributed by atoms with Crippen LogP contribution in [0.1, 0.15) is 94.9 Å². The predicted molar refractivity (Wildman–Crippen MR) is 157 cm³/mol. The van der Waals surface area contributed by atoms with E-state index in [1.54, 1.807) is 62.3 Å². The van der Waals surface area contributed by atoms with Crippen molar-refractivity contribution in [2.75, 3.05) is 6.54 Å². The Morgan fingerprint density at radius 1 is 0.857 bits per heavy atom. The molecular formula is C30H51N5O7. The van der Waals surface area contributed by atoms with Gasteiger partial charge in [0.1, 0.15) is 23.7 Å². The van der Waals surface area contributed by atoms with Crippen LogP contribution >= 0.6 is 0 Å². The number of Topliss-reactive ketones (excluding diaryl/α,β-unsaturated/α-hetero) is 1. The summed E-state index contributed by atoms with van der Waals surface area (Å²) < 4.78 is 5.52. The maximum atomic E-state index is 14.0. The van der Waals surface area contributed by atoms with Crippen LogP contribution in [0.15, 0.2) is 0 Å². The standard InChI is InChI=1S/C30H51N5O7/c1-16-13-19(24(38)32-18(14-17-11-12-17)20(36)23(31)37)35(15-16)25(39)21(28(2,3)4)33-27(41)34-22(29(5,6)7)26(40)42-30(8,9)10/h16-19,21-22H,11-15H2,1-10H3,(H2,31,37)(H,32,38)(H2,33,34,41)/t16-,18?,19+,21-,22+/m1/s1. The molecule has 0 spiro atoms. The summed E-state index contributed by atoms with van der Waals surface area (Å²) >= 11 is 0. The van der Waals surface area contributed by atoms with Crippen LogP contribution in [0.4, 0.5) is 4.79 Å². The summed E-state index contributed by atoms with van der Waals surface area (Å²) in [5.74, 6) is -3.36. The van der Waals surface area contributed by atoms with Gasteiger partial charge in [-0.2, -0.15) is 0 Å². The Morgan fingerprint density at radius 3 is 1.83 bits per heavy atom. The van der Waals surface area contributed by atoms with Crippen LogP contribution < -0.4 is 21.7 Å². The molecule has 12 nitrogen and oxygen atoms in total. The fourth-order valence-electron chi connectivity index (χ4n) is 5.00. The molecule has 5 amide bonds. The molecule has 1 saturated heterocycles. The van der Waals surface area contributed by atoms with E-state index in [0.29, 0.717) is 12.8 Å². The van der Waals surface area contributed by atoms with Gasteiger partial charge in [0, 0.05) is 6.54 Å². The van der Waals surface area contributed by atoms with E-state index in [4.69, 9.17) is 10.5 Å². The highest BCUT2D eigenvalue weighted by Crippen LogP contribution is 2.34. The molecule has 2 fully saturated rings. The molecule has 2 rings (SSSR count). The van der Waals surface area contributed by atoms with Crippen molar-refractivity contribution in [3.05, 3.63) is 0 Å². The minimum absolute atomic E-state index is 0.0229. The van der Waals surface area contributed by atoms with Gasteiger partial charge in [-0.05, 0) is 56.3 Å². The lowest BCUT2D eigenvalue weighted by molar-refractivity contribution is -0.160. The zero-order chi connectivity index (χ0) is 32.4. The number of nitrogens with zero attached hydrogens (tertiary/aromatic N) is 1. The van der Waals surface area contributed by atoms with E-state index < -0.39 is 76.1 Å². The van der Waals surface area contributed by atoms with Crippen molar-refractivity contribution < 1.29 is 33.5 Å². The van der Waals surface area contributed by atoms with Crippen molar-refractivity contribution in [2.24, 2.45) is 28.4 Å². The molecule has 1 aliphatic heterocycles. The summed E-state index contributed by atoms with van der Waals surface area (Å²) in [6.45, 7) is 18.1. The van der Waals surface area contributed by atoms with Gasteiger partial charge >= 0.3 is 12.0 Å². The number of nitrogens with two attached hydrogens (primary N) is 1. The number of carbonyl (C=O) groups is 6. The number of urea groups is 1. The Labute approximate surface area is 249 Å². The van der Waals surface area contributed by atoms with Crippen LogP contribution in [0, 0.1) is 22.7 Å². The van der Waals surface area contributed by atoms with Gasteiger partial charge in [-0.1, -0.05) is 61.3 Å². The summed E-state index contributed by atoms with van der Waals surface area (Å²) in [7, 11) is 0. The smallest absolute Gasteiger partial charge is 0.329 e. The van der Waals surface area contributed by atoms with Crippen LogP contribution in [0.25, 0.3) is 0 Å². The molecule has 5 N–H and O–H groups in total. The second-order valence-corrected chi connectivity index (χ2v) is 15.1. The number of esters is 1. The first-order valence-electron chi connectivity index (χ1n) is 14.8. The molecule has 0 radical (unpaired) electrons. The summed E-state index contributed by atoms with van der Waals surface area (Å²) in [6, 6.07) is -4.71. The van der Waals surface area contributed by atoms with Crippen molar-refractivity contribution >= 4 is 35.5 Å². The van der Waals surface area contributed by atoms with Gasteiger partial charge in [0.2, 0.25) is 17.6 Å². The highest BCUT2D eigenvalue weighted by molar-refractivity contribution is 6.37. The van der Waals surface area contributed by atoms with Gasteiger partial charge in [-0.25, -0.2) is 9.59 Å². The molecule has 238 valence electrons. The second kappa shape index (κ2) is 13.0. The molecule has 0 aromatic rings. The predicted octanol–water partition coefficient (Wildman–Crippen LogP) is 2.03. The number of carbonyl (C=O) groups excluding carboxylic acids is 6. The molecule has 12 heteroatoms. The molecule has 1 heterocycles. The number of hydrogen-bond acceptors (Lipinski definition) is 7. The number of amides is 5. The number of primary amides is 1. The lowest BCUT2D eigenvalue weighted by atomic mass is 9.85. The molecule has 42 heavy (non-hydrogen) atoms. The number of rotatable bonds is 10. The van der Waals surface area contributed by atoms with Crippen molar-refractivity contribution in [3.8, 4) is 0 Å². The third-order valence-corrected chi connectivity index (χ3v) is 7.41. The fraction of sp³-hybridized carbons (Fsp3) is 0.800. The summed E-state index contributed by atoms with van der Waals surface area (Å²) in [6.07, 6.45) is 2.50. The highest BCUT2D eigenvalue weighted by Gasteiger charge is 2.45. The van der Waals surface area contributed by atoms with Crippen LogP contribution in [-0.2, 0) is 28.7 Å². The van der Waals surface area contributed by atoms with Gasteiger partial charge in [0.05, 0.1) is 6.04 Å². The second-order valence-electron chi connectivity index (χ2n) is 15.1. The lowest BCUT2D eigenvalue weighted by Gasteiger charge is -2.37. The lowest BCUT2D eigenvalue weighted by Crippen LogP contribution is -2.62. The van der Waals surface area contributed by atoms with Gasteiger partial charge in [-0.15, -0.1) is 0 Å². The molecule has 1 saturated carbocycles. The number of likely N-dealkylation sites (tertiary alicyclic amines) is 1. The number of ether oxygens (including phenoxy) is 1. The van der Waals surface area contributed by atoms with Gasteiger partial charge in [-0.3, -0.25) is 19.2 Å². The number of nitrogens with one attached hydrogen (secondary N) is 3. The van der Waals surface area contributed by atoms with Gasteiger partial charge < -0.3 is 31.3 Å². The average Bonchev–Trinajstić information content (AvgIpc) is 3.54. The highest BCUT2D eigenvalue weighted by atomic mass is 16.6. The zero-order valence-corrected chi connectivity index (χ0v) is 26.9. The first kappa shape index (κ1) is 35.0. The number of ketones is 1. The Morgan fingerprint density at radius 2 is 1.38 bits per heavy atom. The Balaban J connectivity index is 2.25. The van der Waals surface area contributed by atoms with E-state index in [2.05, 4.69) is 16.0 Å². The zero-order valence-electron chi connectivity index (χ0n) is 26.9.